The smallest absolute Gasteiger partial charge is 0.410 e. The first-order chi connectivity index (χ1) is 10.3. The number of rotatable bonds is 2. The fraction of sp³-hybridized carbons (Fsp3) is 0.562. The van der Waals surface area contributed by atoms with Crippen molar-refractivity contribution < 1.29 is 18.3 Å². The molecule has 2 rings (SSSR count). The zero-order chi connectivity index (χ0) is 16.3. The van der Waals surface area contributed by atoms with Gasteiger partial charge in [0.05, 0.1) is 6.04 Å². The molecule has 0 spiro atoms. The maximum Gasteiger partial charge on any atom is 0.410 e. The number of amides is 1. The van der Waals surface area contributed by atoms with Gasteiger partial charge < -0.3 is 15.0 Å². The van der Waals surface area contributed by atoms with Gasteiger partial charge in [0.15, 0.2) is 11.6 Å². The molecule has 4 nitrogen and oxygen atoms in total. The van der Waals surface area contributed by atoms with Crippen LogP contribution < -0.4 is 5.32 Å². The highest BCUT2D eigenvalue weighted by Crippen LogP contribution is 2.17. The molecule has 0 saturated carbocycles. The van der Waals surface area contributed by atoms with Gasteiger partial charge in [-0.1, -0.05) is 6.07 Å². The summed E-state index contributed by atoms with van der Waals surface area (Å²) in [6.07, 6.45) is 0.0743. The number of nitrogens with zero attached hydrogens (tertiary/aromatic N) is 1. The Labute approximate surface area is 129 Å². The minimum atomic E-state index is -0.870. The first kappa shape index (κ1) is 16.7. The largest absolute Gasteiger partial charge is 0.444 e. The number of halogens is 2. The lowest BCUT2D eigenvalue weighted by Gasteiger charge is -2.37. The summed E-state index contributed by atoms with van der Waals surface area (Å²) in [6, 6.07) is 3.68. The van der Waals surface area contributed by atoms with Crippen LogP contribution in [0.1, 0.15) is 26.3 Å². The fourth-order valence-corrected chi connectivity index (χ4v) is 2.44. The van der Waals surface area contributed by atoms with Crippen LogP contribution >= 0.6 is 0 Å². The number of hydrogen-bond acceptors (Lipinski definition) is 3. The molecule has 1 N–H and O–H groups in total. The Bertz CT molecular complexity index is 543. The van der Waals surface area contributed by atoms with Crippen molar-refractivity contribution in [3.05, 3.63) is 35.4 Å². The van der Waals surface area contributed by atoms with Gasteiger partial charge in [-0.2, -0.15) is 0 Å². The van der Waals surface area contributed by atoms with Crippen molar-refractivity contribution in [3.63, 3.8) is 0 Å². The molecule has 1 aliphatic heterocycles. The van der Waals surface area contributed by atoms with E-state index in [1.54, 1.807) is 11.0 Å². The number of piperazine rings is 1. The van der Waals surface area contributed by atoms with Crippen LogP contribution in [0.25, 0.3) is 0 Å². The first-order valence-electron chi connectivity index (χ1n) is 7.40. The highest BCUT2D eigenvalue weighted by atomic mass is 19.2. The predicted molar refractivity (Wildman–Crippen MR) is 79.7 cm³/mol. The summed E-state index contributed by atoms with van der Waals surface area (Å²) in [4.78, 5) is 13.9. The molecule has 22 heavy (non-hydrogen) atoms. The molecule has 1 fully saturated rings. The van der Waals surface area contributed by atoms with Gasteiger partial charge in [0, 0.05) is 19.6 Å². The van der Waals surface area contributed by atoms with Crippen molar-refractivity contribution in [2.45, 2.75) is 38.8 Å². The summed E-state index contributed by atoms with van der Waals surface area (Å²) < 4.78 is 31.7. The lowest BCUT2D eigenvalue weighted by Crippen LogP contribution is -2.55. The molecule has 1 aromatic rings. The van der Waals surface area contributed by atoms with Gasteiger partial charge in [-0.15, -0.1) is 0 Å². The van der Waals surface area contributed by atoms with Gasteiger partial charge in [-0.25, -0.2) is 13.6 Å². The van der Waals surface area contributed by atoms with Crippen molar-refractivity contribution in [3.8, 4) is 0 Å². The Hall–Kier alpha value is -1.69. The third kappa shape index (κ3) is 4.40. The van der Waals surface area contributed by atoms with Crippen LogP contribution in [0.3, 0.4) is 0 Å². The van der Waals surface area contributed by atoms with Crippen LogP contribution in [0.2, 0.25) is 0 Å². The fourth-order valence-electron chi connectivity index (χ4n) is 2.44. The zero-order valence-corrected chi connectivity index (χ0v) is 13.2. The standard InChI is InChI=1S/C16H22F2N2O2/c1-16(2,3)22-15(21)20-7-6-19-10-12(20)8-11-4-5-13(17)14(18)9-11/h4-5,9,12,19H,6-8,10H2,1-3H3/t12-/m1/s1. The van der Waals surface area contributed by atoms with E-state index in [1.807, 2.05) is 20.8 Å². The van der Waals surface area contributed by atoms with Crippen LogP contribution in [0.15, 0.2) is 18.2 Å². The highest BCUT2D eigenvalue weighted by molar-refractivity contribution is 5.68. The van der Waals surface area contributed by atoms with Crippen LogP contribution in [0, 0.1) is 11.6 Å². The zero-order valence-electron chi connectivity index (χ0n) is 13.2. The van der Waals surface area contributed by atoms with Gasteiger partial charge in [-0.05, 0) is 44.9 Å². The molecular weight excluding hydrogens is 290 g/mol. The van der Waals surface area contributed by atoms with E-state index < -0.39 is 17.2 Å². The Morgan fingerprint density at radius 1 is 1.36 bits per heavy atom. The van der Waals surface area contributed by atoms with Crippen LogP contribution in [0.5, 0.6) is 0 Å². The monoisotopic (exact) mass is 312 g/mol. The van der Waals surface area contributed by atoms with E-state index in [9.17, 15) is 13.6 Å². The summed E-state index contributed by atoms with van der Waals surface area (Å²) in [5.41, 5.74) is 0.0928. The molecule has 0 radical (unpaired) electrons. The van der Waals surface area contributed by atoms with Gasteiger partial charge in [0.25, 0.3) is 0 Å². The number of hydrogen-bond donors (Lipinski definition) is 1. The number of carbonyl (C=O) groups excluding carboxylic acids is 1. The Balaban J connectivity index is 2.09. The minimum absolute atomic E-state index is 0.145. The second-order valence-electron chi connectivity index (χ2n) is 6.48. The van der Waals surface area contributed by atoms with Gasteiger partial charge in [-0.3, -0.25) is 0 Å². The van der Waals surface area contributed by atoms with Crippen molar-refractivity contribution >= 4 is 6.09 Å². The molecule has 1 heterocycles. The van der Waals surface area contributed by atoms with E-state index in [4.69, 9.17) is 4.74 Å². The maximum atomic E-state index is 13.3. The molecule has 1 aliphatic rings. The van der Waals surface area contributed by atoms with Crippen molar-refractivity contribution in [1.82, 2.24) is 10.2 Å². The molecule has 1 aromatic carbocycles. The lowest BCUT2D eigenvalue weighted by atomic mass is 10.0. The minimum Gasteiger partial charge on any atom is -0.444 e. The SMILES string of the molecule is CC(C)(C)OC(=O)N1CCNC[C@H]1Cc1ccc(F)c(F)c1. The van der Waals surface area contributed by atoms with Crippen LogP contribution in [-0.2, 0) is 11.2 Å². The third-order valence-electron chi connectivity index (χ3n) is 3.43. The highest BCUT2D eigenvalue weighted by Gasteiger charge is 2.30. The summed E-state index contributed by atoms with van der Waals surface area (Å²) in [6.45, 7) is 7.27. The Morgan fingerprint density at radius 3 is 2.73 bits per heavy atom. The Morgan fingerprint density at radius 2 is 2.09 bits per heavy atom. The molecule has 6 heteroatoms. The molecule has 1 amide bonds. The quantitative estimate of drug-likeness (QED) is 0.913. The molecule has 0 unspecified atom stereocenters. The number of ether oxygens (including phenoxy) is 1. The summed E-state index contributed by atoms with van der Waals surface area (Å²) in [5.74, 6) is -1.74. The molecule has 122 valence electrons. The molecule has 0 bridgehead atoms. The van der Waals surface area contributed by atoms with Crippen LogP contribution in [0.4, 0.5) is 13.6 Å². The maximum absolute atomic E-state index is 13.3. The van der Waals surface area contributed by atoms with Gasteiger partial charge in [0.2, 0.25) is 0 Å². The lowest BCUT2D eigenvalue weighted by molar-refractivity contribution is 0.0122. The second kappa shape index (κ2) is 6.60. The Kier molecular flexibility index (Phi) is 5.01. The van der Waals surface area contributed by atoms with E-state index >= 15 is 0 Å². The molecule has 1 atom stereocenters. The van der Waals surface area contributed by atoms with E-state index in [1.165, 1.54) is 6.07 Å². The number of nitrogens with one attached hydrogen (secondary N) is 1. The topological polar surface area (TPSA) is 41.6 Å². The number of carbonyl (C=O) groups is 1. The third-order valence-corrected chi connectivity index (χ3v) is 3.43. The average molecular weight is 312 g/mol. The molecule has 0 aliphatic carbocycles. The molecular formula is C16H22F2N2O2. The normalized spacial score (nSPS) is 19.1. The molecule has 1 saturated heterocycles. The molecule has 0 aromatic heterocycles. The predicted octanol–water partition coefficient (Wildman–Crippen LogP) is 2.72. The average Bonchev–Trinajstić information content (AvgIpc) is 2.41. The summed E-state index contributed by atoms with van der Waals surface area (Å²) in [5, 5.41) is 3.21. The summed E-state index contributed by atoms with van der Waals surface area (Å²) in [7, 11) is 0. The first-order valence-corrected chi connectivity index (χ1v) is 7.40. The van der Waals surface area contributed by atoms with Gasteiger partial charge in [0.1, 0.15) is 5.60 Å². The van der Waals surface area contributed by atoms with Crippen molar-refractivity contribution in [2.75, 3.05) is 19.6 Å². The second-order valence-corrected chi connectivity index (χ2v) is 6.48. The van der Waals surface area contributed by atoms with Crippen molar-refractivity contribution in [2.24, 2.45) is 0 Å². The van der Waals surface area contributed by atoms with Gasteiger partial charge >= 0.3 is 6.09 Å². The van der Waals surface area contributed by atoms with Crippen LogP contribution in [-0.4, -0.2) is 42.3 Å². The van der Waals surface area contributed by atoms with E-state index in [-0.39, 0.29) is 12.1 Å². The van der Waals surface area contributed by atoms with Crippen molar-refractivity contribution in [1.29, 1.82) is 0 Å². The van der Waals surface area contributed by atoms with E-state index in [0.717, 1.165) is 6.07 Å². The summed E-state index contributed by atoms with van der Waals surface area (Å²) >= 11 is 0. The number of benzene rings is 1. The van der Waals surface area contributed by atoms with E-state index in [2.05, 4.69) is 5.32 Å². The van der Waals surface area contributed by atoms with E-state index in [0.29, 0.717) is 31.6 Å².